The van der Waals surface area contributed by atoms with E-state index in [2.05, 4.69) is 0 Å². The van der Waals surface area contributed by atoms with Gasteiger partial charge in [0.05, 0.1) is 5.92 Å². The van der Waals surface area contributed by atoms with E-state index in [1.54, 1.807) is 24.3 Å². The smallest absolute Gasteiger partial charge is 0.312 e. The predicted molar refractivity (Wildman–Crippen MR) is 37.4 cm³/mol. The number of hydrogen-bond acceptors (Lipinski definition) is 2. The van der Waals surface area contributed by atoms with E-state index in [-0.39, 0.29) is 6.04 Å². The number of aliphatic carboxylic acids is 1. The Kier molecular flexibility index (Phi) is 1.87. The maximum atomic E-state index is 10.4. The first-order chi connectivity index (χ1) is 4.72. The highest BCUT2D eigenvalue weighted by atomic mass is 16.4. The van der Waals surface area contributed by atoms with Gasteiger partial charge < -0.3 is 10.8 Å². The zero-order chi connectivity index (χ0) is 7.56. The molecule has 3 nitrogen and oxygen atoms in total. The normalized spacial score (nSPS) is 30.5. The molecule has 2 atom stereocenters. The third kappa shape index (κ3) is 1.25. The van der Waals surface area contributed by atoms with Crippen molar-refractivity contribution in [1.82, 2.24) is 0 Å². The van der Waals surface area contributed by atoms with Gasteiger partial charge >= 0.3 is 5.97 Å². The van der Waals surface area contributed by atoms with Crippen LogP contribution in [0.1, 0.15) is 0 Å². The van der Waals surface area contributed by atoms with E-state index < -0.39 is 11.9 Å². The molecule has 0 heterocycles. The Bertz CT molecular complexity index is 196. The standard InChI is InChI=1S/C7H9NO2/c8-6-4-2-1-3-5(6)7(9)10/h1-6H,8H2,(H,9,10). The Balaban J connectivity index is 2.70. The minimum atomic E-state index is -0.867. The lowest BCUT2D eigenvalue weighted by molar-refractivity contribution is -0.140. The number of carboxylic acid groups (broad SMARTS) is 1. The van der Waals surface area contributed by atoms with Gasteiger partial charge in [-0.2, -0.15) is 0 Å². The number of rotatable bonds is 1. The minimum absolute atomic E-state index is 0.373. The second-order valence-electron chi connectivity index (χ2n) is 2.21. The topological polar surface area (TPSA) is 63.3 Å². The highest BCUT2D eigenvalue weighted by Crippen LogP contribution is 2.09. The van der Waals surface area contributed by atoms with Gasteiger partial charge in [0.15, 0.2) is 0 Å². The maximum absolute atomic E-state index is 10.4. The average Bonchev–Trinajstić information content (AvgIpc) is 1.88. The Hall–Kier alpha value is -1.09. The van der Waals surface area contributed by atoms with Crippen molar-refractivity contribution in [3.05, 3.63) is 24.3 Å². The summed E-state index contributed by atoms with van der Waals surface area (Å²) in [5, 5.41) is 8.54. The van der Waals surface area contributed by atoms with Crippen molar-refractivity contribution in [3.63, 3.8) is 0 Å². The summed E-state index contributed by atoms with van der Waals surface area (Å²) >= 11 is 0. The third-order valence-electron chi connectivity index (χ3n) is 1.46. The minimum Gasteiger partial charge on any atom is -0.481 e. The molecule has 0 bridgehead atoms. The van der Waals surface area contributed by atoms with Crippen LogP contribution in [0.5, 0.6) is 0 Å². The van der Waals surface area contributed by atoms with Crippen LogP contribution in [0.2, 0.25) is 0 Å². The fraction of sp³-hybridized carbons (Fsp3) is 0.286. The molecule has 3 heteroatoms. The van der Waals surface area contributed by atoms with E-state index in [1.807, 2.05) is 0 Å². The van der Waals surface area contributed by atoms with Gasteiger partial charge in [-0.15, -0.1) is 0 Å². The number of hydrogen-bond donors (Lipinski definition) is 2. The van der Waals surface area contributed by atoms with Crippen molar-refractivity contribution in [2.75, 3.05) is 0 Å². The Morgan fingerprint density at radius 2 is 2.00 bits per heavy atom. The Labute approximate surface area is 58.8 Å². The van der Waals surface area contributed by atoms with Crippen LogP contribution in [-0.2, 0) is 4.79 Å². The Morgan fingerprint density at radius 3 is 2.40 bits per heavy atom. The van der Waals surface area contributed by atoms with Crippen LogP contribution in [0, 0.1) is 5.92 Å². The fourth-order valence-corrected chi connectivity index (χ4v) is 0.871. The molecule has 1 aliphatic carbocycles. The Morgan fingerprint density at radius 1 is 1.40 bits per heavy atom. The molecule has 0 fully saturated rings. The summed E-state index contributed by atoms with van der Waals surface area (Å²) in [7, 11) is 0. The molecule has 0 aliphatic heterocycles. The summed E-state index contributed by atoms with van der Waals surface area (Å²) in [6.07, 6.45) is 6.72. The first kappa shape index (κ1) is 7.02. The molecule has 0 spiro atoms. The lowest BCUT2D eigenvalue weighted by atomic mass is 9.96. The molecule has 10 heavy (non-hydrogen) atoms. The van der Waals surface area contributed by atoms with Crippen molar-refractivity contribution in [3.8, 4) is 0 Å². The SMILES string of the molecule is NC1C=CC=CC1C(=O)O. The largest absolute Gasteiger partial charge is 0.481 e. The number of carbonyl (C=O) groups is 1. The van der Waals surface area contributed by atoms with Gasteiger partial charge in [0.1, 0.15) is 0 Å². The van der Waals surface area contributed by atoms with Crippen molar-refractivity contribution < 1.29 is 9.90 Å². The van der Waals surface area contributed by atoms with E-state index >= 15 is 0 Å². The molecule has 0 aromatic rings. The summed E-state index contributed by atoms with van der Waals surface area (Å²) in [4.78, 5) is 10.4. The molecular weight excluding hydrogens is 130 g/mol. The third-order valence-corrected chi connectivity index (χ3v) is 1.46. The molecular formula is C7H9NO2. The van der Waals surface area contributed by atoms with Crippen molar-refractivity contribution in [2.24, 2.45) is 11.7 Å². The molecule has 0 radical (unpaired) electrons. The van der Waals surface area contributed by atoms with Gasteiger partial charge in [0, 0.05) is 6.04 Å². The average molecular weight is 139 g/mol. The van der Waals surface area contributed by atoms with Crippen LogP contribution in [0.15, 0.2) is 24.3 Å². The molecule has 0 aromatic carbocycles. The van der Waals surface area contributed by atoms with E-state index in [0.29, 0.717) is 0 Å². The molecule has 0 saturated carbocycles. The molecule has 54 valence electrons. The zero-order valence-electron chi connectivity index (χ0n) is 5.40. The number of allylic oxidation sites excluding steroid dienone is 2. The summed E-state index contributed by atoms with van der Waals surface area (Å²) in [5.41, 5.74) is 5.46. The number of nitrogens with two attached hydrogens (primary N) is 1. The molecule has 0 aromatic heterocycles. The summed E-state index contributed by atoms with van der Waals surface area (Å²) < 4.78 is 0. The van der Waals surface area contributed by atoms with Crippen LogP contribution in [0.4, 0.5) is 0 Å². The quantitative estimate of drug-likeness (QED) is 0.543. The molecule has 0 amide bonds. The van der Waals surface area contributed by atoms with Crippen LogP contribution in [0.3, 0.4) is 0 Å². The monoisotopic (exact) mass is 139 g/mol. The first-order valence-corrected chi connectivity index (χ1v) is 3.05. The highest BCUT2D eigenvalue weighted by molar-refractivity contribution is 5.74. The van der Waals surface area contributed by atoms with E-state index in [9.17, 15) is 4.79 Å². The molecule has 1 aliphatic rings. The van der Waals surface area contributed by atoms with Gasteiger partial charge in [-0.25, -0.2) is 0 Å². The second-order valence-corrected chi connectivity index (χ2v) is 2.21. The second kappa shape index (κ2) is 2.66. The van der Waals surface area contributed by atoms with Gasteiger partial charge in [-0.05, 0) is 0 Å². The summed E-state index contributed by atoms with van der Waals surface area (Å²) in [6, 6.07) is -0.373. The molecule has 0 saturated heterocycles. The number of carboxylic acids is 1. The highest BCUT2D eigenvalue weighted by Gasteiger charge is 2.21. The first-order valence-electron chi connectivity index (χ1n) is 3.05. The van der Waals surface area contributed by atoms with Crippen molar-refractivity contribution >= 4 is 5.97 Å². The molecule has 2 unspecified atom stereocenters. The lowest BCUT2D eigenvalue weighted by Crippen LogP contribution is -2.33. The fourth-order valence-electron chi connectivity index (χ4n) is 0.871. The van der Waals surface area contributed by atoms with Crippen LogP contribution < -0.4 is 5.73 Å². The summed E-state index contributed by atoms with van der Waals surface area (Å²) in [5.74, 6) is -1.42. The van der Waals surface area contributed by atoms with Crippen LogP contribution in [0.25, 0.3) is 0 Å². The van der Waals surface area contributed by atoms with Crippen LogP contribution >= 0.6 is 0 Å². The van der Waals surface area contributed by atoms with E-state index in [1.165, 1.54) is 0 Å². The predicted octanol–water partition coefficient (Wildman–Crippen LogP) is 0.140. The molecule has 1 rings (SSSR count). The zero-order valence-corrected chi connectivity index (χ0v) is 5.40. The lowest BCUT2D eigenvalue weighted by Gasteiger charge is -2.14. The van der Waals surface area contributed by atoms with Crippen LogP contribution in [-0.4, -0.2) is 17.1 Å². The molecule has 3 N–H and O–H groups in total. The van der Waals surface area contributed by atoms with Gasteiger partial charge in [0.2, 0.25) is 0 Å². The maximum Gasteiger partial charge on any atom is 0.312 e. The summed E-state index contributed by atoms with van der Waals surface area (Å²) in [6.45, 7) is 0. The van der Waals surface area contributed by atoms with Gasteiger partial charge in [-0.3, -0.25) is 4.79 Å². The van der Waals surface area contributed by atoms with E-state index in [0.717, 1.165) is 0 Å². The van der Waals surface area contributed by atoms with Gasteiger partial charge in [0.25, 0.3) is 0 Å². The van der Waals surface area contributed by atoms with Crippen molar-refractivity contribution in [2.45, 2.75) is 6.04 Å². The van der Waals surface area contributed by atoms with Gasteiger partial charge in [-0.1, -0.05) is 24.3 Å². The van der Waals surface area contributed by atoms with Crippen molar-refractivity contribution in [1.29, 1.82) is 0 Å². The van der Waals surface area contributed by atoms with E-state index in [4.69, 9.17) is 10.8 Å².